The maximum Gasteiger partial charge on any atom is 0.338 e. The lowest BCUT2D eigenvalue weighted by Crippen LogP contribution is -2.38. The van der Waals surface area contributed by atoms with Crippen LogP contribution in [0, 0.1) is 0 Å². The molecule has 1 aromatic heterocycles. The van der Waals surface area contributed by atoms with Crippen molar-refractivity contribution in [2.75, 3.05) is 6.54 Å². The van der Waals surface area contributed by atoms with E-state index in [1.54, 1.807) is 30.6 Å². The first-order valence-corrected chi connectivity index (χ1v) is 9.83. The van der Waals surface area contributed by atoms with E-state index in [-0.39, 0.29) is 11.8 Å². The van der Waals surface area contributed by atoms with Crippen LogP contribution in [0.4, 0.5) is 0 Å². The average molecular weight is 382 g/mol. The minimum absolute atomic E-state index is 0.229. The number of carbonyl (C=O) groups is 2. The van der Waals surface area contributed by atoms with Gasteiger partial charge in [0.05, 0.1) is 21.3 Å². The zero-order valence-corrected chi connectivity index (χ0v) is 16.2. The van der Waals surface area contributed by atoms with E-state index in [0.717, 1.165) is 16.6 Å². The highest BCUT2D eigenvalue weighted by Gasteiger charge is 2.20. The molecule has 1 heterocycles. The molecule has 3 aromatic rings. The van der Waals surface area contributed by atoms with Gasteiger partial charge in [0, 0.05) is 12.5 Å². The van der Waals surface area contributed by atoms with Crippen LogP contribution < -0.4 is 5.32 Å². The highest BCUT2D eigenvalue weighted by molar-refractivity contribution is 7.16. The van der Waals surface area contributed by atoms with Gasteiger partial charge in [-0.05, 0) is 37.1 Å². The van der Waals surface area contributed by atoms with Crippen LogP contribution in [0.15, 0.2) is 54.0 Å². The Morgan fingerprint density at radius 1 is 1.19 bits per heavy atom. The summed E-state index contributed by atoms with van der Waals surface area (Å²) in [5, 5.41) is 2.89. The SMILES string of the molecule is CC[C@@H](CNC(=O)[C@@H](C)OC(=O)c1ccc2ncsc2c1)c1ccccc1. The van der Waals surface area contributed by atoms with E-state index in [1.807, 2.05) is 18.2 Å². The molecule has 0 aliphatic carbocycles. The van der Waals surface area contributed by atoms with E-state index >= 15 is 0 Å². The van der Waals surface area contributed by atoms with Crippen molar-refractivity contribution in [1.29, 1.82) is 0 Å². The van der Waals surface area contributed by atoms with Gasteiger partial charge in [0.25, 0.3) is 5.91 Å². The predicted octanol–water partition coefficient (Wildman–Crippen LogP) is 4.15. The molecular formula is C21H22N2O3S. The highest BCUT2D eigenvalue weighted by atomic mass is 32.1. The van der Waals surface area contributed by atoms with Crippen LogP contribution in [0.2, 0.25) is 0 Å². The molecular weight excluding hydrogens is 360 g/mol. The van der Waals surface area contributed by atoms with E-state index < -0.39 is 12.1 Å². The largest absolute Gasteiger partial charge is 0.449 e. The normalized spacial score (nSPS) is 13.1. The molecule has 0 fully saturated rings. The molecule has 0 aliphatic heterocycles. The molecule has 3 rings (SSSR count). The number of esters is 1. The molecule has 0 aliphatic rings. The second-order valence-electron chi connectivity index (χ2n) is 6.34. The standard InChI is InChI=1S/C21H22N2O3S/c1-3-15(16-7-5-4-6-8-16)12-22-20(24)14(2)26-21(25)17-9-10-18-19(11-17)27-13-23-18/h4-11,13-15H,3,12H2,1-2H3,(H,22,24)/t14-,15+/m1/s1. The zero-order valence-electron chi connectivity index (χ0n) is 15.3. The zero-order chi connectivity index (χ0) is 19.2. The molecule has 140 valence electrons. The third-order valence-corrected chi connectivity index (χ3v) is 5.30. The van der Waals surface area contributed by atoms with E-state index in [2.05, 4.69) is 29.4 Å². The van der Waals surface area contributed by atoms with E-state index in [1.165, 1.54) is 16.9 Å². The fourth-order valence-electron chi connectivity index (χ4n) is 2.85. The maximum absolute atomic E-state index is 12.3. The van der Waals surface area contributed by atoms with Crippen LogP contribution in [-0.4, -0.2) is 29.5 Å². The molecule has 5 nitrogen and oxygen atoms in total. The van der Waals surface area contributed by atoms with Gasteiger partial charge >= 0.3 is 5.97 Å². The number of hydrogen-bond acceptors (Lipinski definition) is 5. The number of benzene rings is 2. The fourth-order valence-corrected chi connectivity index (χ4v) is 3.57. The van der Waals surface area contributed by atoms with E-state index in [4.69, 9.17) is 4.74 Å². The quantitative estimate of drug-likeness (QED) is 0.623. The lowest BCUT2D eigenvalue weighted by atomic mass is 9.96. The summed E-state index contributed by atoms with van der Waals surface area (Å²) < 4.78 is 6.24. The van der Waals surface area contributed by atoms with Crippen molar-refractivity contribution in [3.8, 4) is 0 Å². The van der Waals surface area contributed by atoms with Gasteiger partial charge in [0.1, 0.15) is 0 Å². The Labute approximate surface area is 162 Å². The topological polar surface area (TPSA) is 68.3 Å². The van der Waals surface area contributed by atoms with Crippen LogP contribution in [-0.2, 0) is 9.53 Å². The Morgan fingerprint density at radius 2 is 1.96 bits per heavy atom. The number of nitrogens with zero attached hydrogens (tertiary/aromatic N) is 1. The lowest BCUT2D eigenvalue weighted by Gasteiger charge is -2.18. The Kier molecular flexibility index (Phi) is 6.19. The van der Waals surface area contributed by atoms with Crippen LogP contribution in [0.3, 0.4) is 0 Å². The van der Waals surface area contributed by atoms with Crippen molar-refractivity contribution < 1.29 is 14.3 Å². The summed E-state index contributed by atoms with van der Waals surface area (Å²) in [6.07, 6.45) is 0.0517. The summed E-state index contributed by atoms with van der Waals surface area (Å²) in [7, 11) is 0. The maximum atomic E-state index is 12.3. The number of rotatable bonds is 7. The van der Waals surface area contributed by atoms with Gasteiger partial charge in [-0.1, -0.05) is 37.3 Å². The number of hydrogen-bond donors (Lipinski definition) is 1. The van der Waals surface area contributed by atoms with E-state index in [0.29, 0.717) is 12.1 Å². The molecule has 1 amide bonds. The fraction of sp³-hybridized carbons (Fsp3) is 0.286. The molecule has 6 heteroatoms. The lowest BCUT2D eigenvalue weighted by molar-refractivity contribution is -0.129. The van der Waals surface area contributed by atoms with Crippen molar-refractivity contribution in [2.45, 2.75) is 32.3 Å². The third kappa shape index (κ3) is 4.71. The molecule has 2 atom stereocenters. The summed E-state index contributed by atoms with van der Waals surface area (Å²) in [5.41, 5.74) is 4.17. The number of fused-ring (bicyclic) bond motifs is 1. The Bertz CT molecular complexity index is 923. The molecule has 0 saturated carbocycles. The van der Waals surface area contributed by atoms with Crippen LogP contribution >= 0.6 is 11.3 Å². The molecule has 0 bridgehead atoms. The van der Waals surface area contributed by atoms with Crippen molar-refractivity contribution in [2.24, 2.45) is 0 Å². The van der Waals surface area contributed by atoms with Gasteiger partial charge in [-0.15, -0.1) is 11.3 Å². The Hall–Kier alpha value is -2.73. The minimum Gasteiger partial charge on any atom is -0.449 e. The summed E-state index contributed by atoms with van der Waals surface area (Å²) in [4.78, 5) is 28.8. The monoisotopic (exact) mass is 382 g/mol. The minimum atomic E-state index is -0.858. The Balaban J connectivity index is 1.55. The highest BCUT2D eigenvalue weighted by Crippen LogP contribution is 2.20. The van der Waals surface area contributed by atoms with Crippen molar-refractivity contribution in [3.05, 3.63) is 65.2 Å². The number of thiazole rings is 1. The number of nitrogens with one attached hydrogen (secondary N) is 1. The summed E-state index contributed by atoms with van der Waals surface area (Å²) >= 11 is 1.46. The van der Waals surface area contributed by atoms with Crippen LogP contribution in [0.25, 0.3) is 10.2 Å². The van der Waals surface area contributed by atoms with E-state index in [9.17, 15) is 9.59 Å². The number of amides is 1. The smallest absolute Gasteiger partial charge is 0.338 e. The molecule has 0 saturated heterocycles. The molecule has 0 radical (unpaired) electrons. The number of carbonyl (C=O) groups excluding carboxylic acids is 2. The third-order valence-electron chi connectivity index (χ3n) is 4.51. The summed E-state index contributed by atoms with van der Waals surface area (Å²) in [6.45, 7) is 4.18. The first-order chi connectivity index (χ1) is 13.1. The molecule has 1 N–H and O–H groups in total. The number of aromatic nitrogens is 1. The van der Waals surface area contributed by atoms with Gasteiger partial charge in [0.2, 0.25) is 0 Å². The van der Waals surface area contributed by atoms with Gasteiger partial charge in [-0.25, -0.2) is 9.78 Å². The molecule has 27 heavy (non-hydrogen) atoms. The average Bonchev–Trinajstić information content (AvgIpc) is 3.16. The van der Waals surface area contributed by atoms with Gasteiger partial charge < -0.3 is 10.1 Å². The Morgan fingerprint density at radius 3 is 2.70 bits per heavy atom. The van der Waals surface area contributed by atoms with Crippen molar-refractivity contribution in [1.82, 2.24) is 10.3 Å². The first-order valence-electron chi connectivity index (χ1n) is 8.95. The second kappa shape index (κ2) is 8.77. The number of ether oxygens (including phenoxy) is 1. The van der Waals surface area contributed by atoms with Gasteiger partial charge in [-0.2, -0.15) is 0 Å². The van der Waals surface area contributed by atoms with Crippen LogP contribution in [0.5, 0.6) is 0 Å². The first kappa shape index (κ1) is 19.0. The van der Waals surface area contributed by atoms with Crippen molar-refractivity contribution in [3.63, 3.8) is 0 Å². The van der Waals surface area contributed by atoms with Crippen LogP contribution in [0.1, 0.15) is 42.1 Å². The van der Waals surface area contributed by atoms with Gasteiger partial charge in [-0.3, -0.25) is 4.79 Å². The predicted molar refractivity (Wildman–Crippen MR) is 107 cm³/mol. The molecule has 0 spiro atoms. The van der Waals surface area contributed by atoms with Gasteiger partial charge in [0.15, 0.2) is 6.10 Å². The second-order valence-corrected chi connectivity index (χ2v) is 7.23. The molecule has 2 aromatic carbocycles. The summed E-state index contributed by atoms with van der Waals surface area (Å²) in [5.74, 6) is -0.577. The molecule has 0 unspecified atom stereocenters. The van der Waals surface area contributed by atoms with Crippen molar-refractivity contribution >= 4 is 33.4 Å². The summed E-state index contributed by atoms with van der Waals surface area (Å²) in [6, 6.07) is 15.2.